The molecule has 3 N–H and O–H groups in total. The number of ether oxygens (including phenoxy) is 2. The number of benzene rings is 2. The molecule has 2 amide bonds. The number of para-hydroxylation sites is 1. The molecule has 8 nitrogen and oxygen atoms in total. The van der Waals surface area contributed by atoms with E-state index < -0.39 is 5.91 Å². The van der Waals surface area contributed by atoms with Crippen molar-refractivity contribution in [3.8, 4) is 11.5 Å². The van der Waals surface area contributed by atoms with Crippen molar-refractivity contribution in [2.24, 2.45) is 0 Å². The molecule has 25 heavy (non-hydrogen) atoms. The normalized spacial score (nSPS) is 12.2. The quantitative estimate of drug-likeness (QED) is 0.671. The molecule has 0 atom stereocenters. The predicted molar refractivity (Wildman–Crippen MR) is 89.6 cm³/mol. The summed E-state index contributed by atoms with van der Waals surface area (Å²) in [5.74, 6) is 0.437. The minimum Gasteiger partial charge on any atom is -0.454 e. The van der Waals surface area contributed by atoms with Crippen LogP contribution in [0.1, 0.15) is 10.5 Å². The highest BCUT2D eigenvalue weighted by Gasteiger charge is 2.16. The number of aromatic amines is 1. The van der Waals surface area contributed by atoms with Crippen LogP contribution in [0, 0.1) is 0 Å². The highest BCUT2D eigenvalue weighted by molar-refractivity contribution is 6.06. The molecule has 0 radical (unpaired) electrons. The van der Waals surface area contributed by atoms with E-state index in [1.54, 1.807) is 24.3 Å². The maximum Gasteiger partial charge on any atom is 0.272 e. The Morgan fingerprint density at radius 1 is 1.12 bits per heavy atom. The van der Waals surface area contributed by atoms with Gasteiger partial charge >= 0.3 is 0 Å². The van der Waals surface area contributed by atoms with Crippen molar-refractivity contribution in [2.75, 3.05) is 18.7 Å². The number of anilines is 1. The maximum absolute atomic E-state index is 12.2. The van der Waals surface area contributed by atoms with Crippen LogP contribution in [0.4, 0.5) is 5.69 Å². The van der Waals surface area contributed by atoms with Crippen LogP contribution in [0.3, 0.4) is 0 Å². The van der Waals surface area contributed by atoms with Crippen LogP contribution in [0.2, 0.25) is 0 Å². The molecule has 1 aliphatic rings. The Balaban J connectivity index is 1.37. The van der Waals surface area contributed by atoms with Crippen molar-refractivity contribution in [2.45, 2.75) is 0 Å². The Bertz CT molecular complexity index is 966. The molecule has 0 fully saturated rings. The van der Waals surface area contributed by atoms with Crippen molar-refractivity contribution in [1.29, 1.82) is 0 Å². The van der Waals surface area contributed by atoms with Gasteiger partial charge in [-0.15, -0.1) is 0 Å². The lowest BCUT2D eigenvalue weighted by molar-refractivity contribution is -0.115. The van der Waals surface area contributed by atoms with Gasteiger partial charge in [-0.05, 0) is 18.2 Å². The molecular weight excluding hydrogens is 324 g/mol. The van der Waals surface area contributed by atoms with Crippen molar-refractivity contribution >= 4 is 28.4 Å². The van der Waals surface area contributed by atoms with Gasteiger partial charge in [-0.1, -0.05) is 18.2 Å². The van der Waals surface area contributed by atoms with E-state index in [-0.39, 0.29) is 24.9 Å². The number of carbonyl (C=O) groups excluding carboxylic acids is 2. The van der Waals surface area contributed by atoms with E-state index in [1.165, 1.54) is 0 Å². The van der Waals surface area contributed by atoms with Gasteiger partial charge in [-0.25, -0.2) is 0 Å². The number of H-pyrrole nitrogens is 1. The topological polar surface area (TPSA) is 105 Å². The average molecular weight is 338 g/mol. The first-order valence-electron chi connectivity index (χ1n) is 7.61. The summed E-state index contributed by atoms with van der Waals surface area (Å²) < 4.78 is 10.5. The lowest BCUT2D eigenvalue weighted by Crippen LogP contribution is -2.33. The van der Waals surface area contributed by atoms with E-state index >= 15 is 0 Å². The molecule has 2 aromatic carbocycles. The Morgan fingerprint density at radius 2 is 1.96 bits per heavy atom. The van der Waals surface area contributed by atoms with E-state index in [0.717, 1.165) is 5.52 Å². The molecule has 0 saturated carbocycles. The Labute approximate surface area is 142 Å². The van der Waals surface area contributed by atoms with Crippen LogP contribution in [-0.4, -0.2) is 35.3 Å². The van der Waals surface area contributed by atoms with Crippen LogP contribution in [0.5, 0.6) is 11.5 Å². The first-order chi connectivity index (χ1) is 12.2. The molecule has 0 aliphatic carbocycles. The lowest BCUT2D eigenvalue weighted by atomic mass is 10.2. The number of hydrogen-bond donors (Lipinski definition) is 3. The standard InChI is InChI=1S/C17H14N4O4/c22-15(19-10-5-6-13-14(7-10)25-9-24-13)8-18-17(23)16-11-3-1-2-4-12(11)20-21-16/h1-7H,8-9H2,(H,18,23)(H,19,22)(H,20,21). The van der Waals surface area contributed by atoms with Crippen LogP contribution in [0.25, 0.3) is 10.9 Å². The second kappa shape index (κ2) is 6.16. The van der Waals surface area contributed by atoms with E-state index in [1.807, 2.05) is 18.2 Å². The van der Waals surface area contributed by atoms with Gasteiger partial charge < -0.3 is 20.1 Å². The minimum atomic E-state index is -0.418. The summed E-state index contributed by atoms with van der Waals surface area (Å²) in [6.07, 6.45) is 0. The number of amides is 2. The highest BCUT2D eigenvalue weighted by atomic mass is 16.7. The molecule has 3 aromatic rings. The summed E-state index contributed by atoms with van der Waals surface area (Å²) >= 11 is 0. The number of carbonyl (C=O) groups is 2. The summed E-state index contributed by atoms with van der Waals surface area (Å²) in [4.78, 5) is 24.2. The second-order valence-corrected chi connectivity index (χ2v) is 5.42. The average Bonchev–Trinajstić information content (AvgIpc) is 3.26. The molecule has 4 rings (SSSR count). The van der Waals surface area contributed by atoms with Crippen LogP contribution in [0.15, 0.2) is 42.5 Å². The molecular formula is C17H14N4O4. The van der Waals surface area contributed by atoms with Gasteiger partial charge in [0.15, 0.2) is 17.2 Å². The van der Waals surface area contributed by atoms with Crippen molar-refractivity contribution in [1.82, 2.24) is 15.5 Å². The molecule has 8 heteroatoms. The zero-order valence-electron chi connectivity index (χ0n) is 13.0. The summed E-state index contributed by atoms with van der Waals surface area (Å²) in [5, 5.41) is 12.7. The SMILES string of the molecule is O=C(CNC(=O)c1n[nH]c2ccccc12)Nc1ccc2c(c1)OCO2. The van der Waals surface area contributed by atoms with Gasteiger partial charge in [-0.3, -0.25) is 14.7 Å². The maximum atomic E-state index is 12.2. The fourth-order valence-electron chi connectivity index (χ4n) is 2.56. The zero-order chi connectivity index (χ0) is 17.2. The van der Waals surface area contributed by atoms with E-state index in [9.17, 15) is 9.59 Å². The van der Waals surface area contributed by atoms with Crippen LogP contribution >= 0.6 is 0 Å². The number of nitrogens with zero attached hydrogens (tertiary/aromatic N) is 1. The molecule has 0 bridgehead atoms. The second-order valence-electron chi connectivity index (χ2n) is 5.42. The Morgan fingerprint density at radius 3 is 2.88 bits per heavy atom. The van der Waals surface area contributed by atoms with Gasteiger partial charge in [0.25, 0.3) is 5.91 Å². The number of nitrogens with one attached hydrogen (secondary N) is 3. The predicted octanol–water partition coefficient (Wildman–Crippen LogP) is 1.66. The number of fused-ring (bicyclic) bond motifs is 2. The number of aromatic nitrogens is 2. The Hall–Kier alpha value is -3.55. The molecule has 2 heterocycles. The monoisotopic (exact) mass is 338 g/mol. The molecule has 1 aromatic heterocycles. The fraction of sp³-hybridized carbons (Fsp3) is 0.118. The Kier molecular flexibility index (Phi) is 3.70. The third kappa shape index (κ3) is 2.97. The minimum absolute atomic E-state index is 0.167. The summed E-state index contributed by atoms with van der Waals surface area (Å²) in [6.45, 7) is -0.00509. The smallest absolute Gasteiger partial charge is 0.272 e. The van der Waals surface area contributed by atoms with Crippen LogP contribution in [-0.2, 0) is 4.79 Å². The van der Waals surface area contributed by atoms with Gasteiger partial charge in [0.1, 0.15) is 0 Å². The van der Waals surface area contributed by atoms with Gasteiger partial charge in [0, 0.05) is 17.1 Å². The first kappa shape index (κ1) is 15.0. The van der Waals surface area contributed by atoms with Crippen LogP contribution < -0.4 is 20.1 Å². The van der Waals surface area contributed by atoms with Crippen molar-refractivity contribution < 1.29 is 19.1 Å². The molecule has 1 aliphatic heterocycles. The van der Waals surface area contributed by atoms with Gasteiger partial charge in [0.2, 0.25) is 12.7 Å². The van der Waals surface area contributed by atoms with Crippen molar-refractivity contribution in [3.63, 3.8) is 0 Å². The number of rotatable bonds is 4. The van der Waals surface area contributed by atoms with Gasteiger partial charge in [-0.2, -0.15) is 5.10 Å². The largest absolute Gasteiger partial charge is 0.454 e. The number of hydrogen-bond acceptors (Lipinski definition) is 5. The summed E-state index contributed by atoms with van der Waals surface area (Å²) in [7, 11) is 0. The zero-order valence-corrected chi connectivity index (χ0v) is 13.0. The first-order valence-corrected chi connectivity index (χ1v) is 7.61. The molecule has 0 spiro atoms. The summed E-state index contributed by atoms with van der Waals surface area (Å²) in [6, 6.07) is 12.4. The van der Waals surface area contributed by atoms with E-state index in [2.05, 4.69) is 20.8 Å². The van der Waals surface area contributed by atoms with Crippen molar-refractivity contribution in [3.05, 3.63) is 48.2 Å². The molecule has 126 valence electrons. The van der Waals surface area contributed by atoms with E-state index in [4.69, 9.17) is 9.47 Å². The summed E-state index contributed by atoms with van der Waals surface area (Å²) in [5.41, 5.74) is 1.58. The highest BCUT2D eigenvalue weighted by Crippen LogP contribution is 2.34. The molecule has 0 unspecified atom stereocenters. The lowest BCUT2D eigenvalue weighted by Gasteiger charge is -2.07. The third-order valence-electron chi connectivity index (χ3n) is 3.75. The van der Waals surface area contributed by atoms with E-state index in [0.29, 0.717) is 22.6 Å². The third-order valence-corrected chi connectivity index (χ3v) is 3.75. The molecule has 0 saturated heterocycles. The van der Waals surface area contributed by atoms with Gasteiger partial charge in [0.05, 0.1) is 12.1 Å². The fourth-order valence-corrected chi connectivity index (χ4v) is 2.56.